The molecular weight excluding hydrogens is 364 g/mol. The molecular formula is C24H24N2O3. The number of amides is 1. The van der Waals surface area contributed by atoms with Crippen molar-refractivity contribution in [1.29, 1.82) is 0 Å². The lowest BCUT2D eigenvalue weighted by molar-refractivity contribution is -0.119. The summed E-state index contributed by atoms with van der Waals surface area (Å²) in [4.78, 5) is 30.9. The summed E-state index contributed by atoms with van der Waals surface area (Å²) in [6, 6.07) is 14.4. The normalized spacial score (nSPS) is 21.4. The molecule has 1 aliphatic heterocycles. The molecule has 0 saturated heterocycles. The SMILES string of the molecule is CC1=NC2=C(C(=O)CCC2)[C@H](c2ccc(O)cc2)C1C(=O)Nc1ccccc1C. The van der Waals surface area contributed by atoms with Crippen molar-refractivity contribution in [2.45, 2.75) is 39.0 Å². The zero-order valence-corrected chi connectivity index (χ0v) is 16.6. The van der Waals surface area contributed by atoms with Crippen LogP contribution in [0.15, 0.2) is 64.8 Å². The molecule has 2 aromatic rings. The molecule has 1 heterocycles. The number of benzene rings is 2. The van der Waals surface area contributed by atoms with Crippen LogP contribution in [0, 0.1) is 12.8 Å². The Bertz CT molecular complexity index is 1030. The molecule has 5 heteroatoms. The highest BCUT2D eigenvalue weighted by molar-refractivity contribution is 6.13. The van der Waals surface area contributed by atoms with E-state index in [1.807, 2.05) is 38.1 Å². The first-order valence-electron chi connectivity index (χ1n) is 9.92. The molecule has 1 aliphatic carbocycles. The van der Waals surface area contributed by atoms with E-state index in [0.29, 0.717) is 17.7 Å². The van der Waals surface area contributed by atoms with Gasteiger partial charge >= 0.3 is 0 Å². The van der Waals surface area contributed by atoms with Crippen molar-refractivity contribution in [3.8, 4) is 5.75 Å². The molecule has 148 valence electrons. The molecule has 2 aromatic carbocycles. The van der Waals surface area contributed by atoms with E-state index >= 15 is 0 Å². The number of anilines is 1. The first kappa shape index (κ1) is 19.1. The molecule has 0 aromatic heterocycles. The van der Waals surface area contributed by atoms with Crippen LogP contribution in [-0.2, 0) is 9.59 Å². The van der Waals surface area contributed by atoms with Crippen LogP contribution in [0.25, 0.3) is 0 Å². The number of aryl methyl sites for hydroxylation is 1. The number of nitrogens with one attached hydrogen (secondary N) is 1. The Labute approximate surface area is 170 Å². The number of ketones is 1. The predicted octanol–water partition coefficient (Wildman–Crippen LogP) is 4.52. The Kier molecular flexibility index (Phi) is 5.05. The zero-order valence-electron chi connectivity index (χ0n) is 16.6. The smallest absolute Gasteiger partial charge is 0.234 e. The van der Waals surface area contributed by atoms with E-state index in [0.717, 1.165) is 35.4 Å². The molecule has 0 spiro atoms. The summed E-state index contributed by atoms with van der Waals surface area (Å²) in [6.45, 7) is 3.80. The summed E-state index contributed by atoms with van der Waals surface area (Å²) < 4.78 is 0. The maximum absolute atomic E-state index is 13.4. The third-order valence-corrected chi connectivity index (χ3v) is 5.77. The molecule has 2 atom stereocenters. The average Bonchev–Trinajstić information content (AvgIpc) is 2.69. The van der Waals surface area contributed by atoms with Crippen LogP contribution < -0.4 is 5.32 Å². The lowest BCUT2D eigenvalue weighted by Gasteiger charge is -2.35. The molecule has 1 unspecified atom stereocenters. The molecule has 5 nitrogen and oxygen atoms in total. The molecule has 29 heavy (non-hydrogen) atoms. The number of phenols is 1. The van der Waals surface area contributed by atoms with E-state index in [9.17, 15) is 14.7 Å². The van der Waals surface area contributed by atoms with Gasteiger partial charge in [-0.2, -0.15) is 0 Å². The fourth-order valence-corrected chi connectivity index (χ4v) is 4.31. The quantitative estimate of drug-likeness (QED) is 0.811. The van der Waals surface area contributed by atoms with Gasteiger partial charge in [-0.25, -0.2) is 0 Å². The van der Waals surface area contributed by atoms with Gasteiger partial charge in [0.25, 0.3) is 0 Å². The predicted molar refractivity (Wildman–Crippen MR) is 113 cm³/mol. The first-order chi connectivity index (χ1) is 14.0. The van der Waals surface area contributed by atoms with Crippen molar-refractivity contribution in [3.05, 3.63) is 70.9 Å². The molecule has 1 amide bonds. The highest BCUT2D eigenvalue weighted by Crippen LogP contribution is 2.43. The number of carbonyl (C=O) groups excluding carboxylic acids is 2. The third-order valence-electron chi connectivity index (χ3n) is 5.77. The number of Topliss-reactive ketones (excluding diaryl/α,β-unsaturated/α-hetero) is 1. The number of phenolic OH excluding ortho intramolecular Hbond substituents is 1. The van der Waals surface area contributed by atoms with Crippen LogP contribution in [0.4, 0.5) is 5.69 Å². The maximum atomic E-state index is 13.4. The van der Waals surface area contributed by atoms with Crippen molar-refractivity contribution < 1.29 is 14.7 Å². The Morgan fingerprint density at radius 2 is 1.79 bits per heavy atom. The maximum Gasteiger partial charge on any atom is 0.234 e. The van der Waals surface area contributed by atoms with E-state index in [1.54, 1.807) is 24.3 Å². The Hall–Kier alpha value is -3.21. The lowest BCUT2D eigenvalue weighted by Crippen LogP contribution is -2.39. The standard InChI is InChI=1S/C24H24N2O3/c1-14-6-3-4-7-18(14)26-24(29)21-15(2)25-19-8-5-9-20(28)23(19)22(21)16-10-12-17(27)13-11-16/h3-4,6-7,10-13,21-22,27H,5,8-9H2,1-2H3,(H,26,29)/t21?,22-/m1/s1. The van der Waals surface area contributed by atoms with Crippen LogP contribution in [-0.4, -0.2) is 22.5 Å². The molecule has 0 saturated carbocycles. The highest BCUT2D eigenvalue weighted by Gasteiger charge is 2.42. The number of para-hydroxylation sites is 1. The fourth-order valence-electron chi connectivity index (χ4n) is 4.31. The van der Waals surface area contributed by atoms with Gasteiger partial charge in [0.15, 0.2) is 5.78 Å². The second kappa shape index (κ2) is 7.66. The third kappa shape index (κ3) is 3.60. The van der Waals surface area contributed by atoms with E-state index < -0.39 is 11.8 Å². The van der Waals surface area contributed by atoms with E-state index in [2.05, 4.69) is 10.3 Å². The number of allylic oxidation sites excluding steroid dienone is 2. The Balaban J connectivity index is 1.78. The number of carbonyl (C=O) groups is 2. The summed E-state index contributed by atoms with van der Waals surface area (Å²) >= 11 is 0. The van der Waals surface area contributed by atoms with Gasteiger partial charge in [-0.3, -0.25) is 14.6 Å². The van der Waals surface area contributed by atoms with Crippen molar-refractivity contribution in [2.24, 2.45) is 10.9 Å². The number of hydrogen-bond donors (Lipinski definition) is 2. The van der Waals surface area contributed by atoms with Gasteiger partial charge in [0.1, 0.15) is 5.75 Å². The van der Waals surface area contributed by atoms with Gasteiger partial charge in [-0.05, 0) is 56.0 Å². The molecule has 0 fully saturated rings. The van der Waals surface area contributed by atoms with Crippen LogP contribution in [0.3, 0.4) is 0 Å². The number of rotatable bonds is 3. The zero-order chi connectivity index (χ0) is 20.5. The van der Waals surface area contributed by atoms with Crippen LogP contribution in [0.2, 0.25) is 0 Å². The van der Waals surface area contributed by atoms with Crippen LogP contribution in [0.5, 0.6) is 5.75 Å². The summed E-state index contributed by atoms with van der Waals surface area (Å²) in [5.41, 5.74) is 4.73. The van der Waals surface area contributed by atoms with E-state index in [4.69, 9.17) is 0 Å². The highest BCUT2D eigenvalue weighted by atomic mass is 16.3. The monoisotopic (exact) mass is 388 g/mol. The van der Waals surface area contributed by atoms with Crippen molar-refractivity contribution in [2.75, 3.05) is 5.32 Å². The van der Waals surface area contributed by atoms with Gasteiger partial charge in [-0.15, -0.1) is 0 Å². The van der Waals surface area contributed by atoms with Gasteiger partial charge in [0.05, 0.1) is 5.92 Å². The lowest BCUT2D eigenvalue weighted by atomic mass is 9.71. The summed E-state index contributed by atoms with van der Waals surface area (Å²) in [7, 11) is 0. The minimum Gasteiger partial charge on any atom is -0.508 e. The first-order valence-corrected chi connectivity index (χ1v) is 9.92. The van der Waals surface area contributed by atoms with Crippen molar-refractivity contribution in [3.63, 3.8) is 0 Å². The Morgan fingerprint density at radius 1 is 1.07 bits per heavy atom. The van der Waals surface area contributed by atoms with E-state index in [1.165, 1.54) is 0 Å². The number of aliphatic imine (C=N–C) groups is 1. The molecule has 4 rings (SSSR count). The topological polar surface area (TPSA) is 78.8 Å². The largest absolute Gasteiger partial charge is 0.508 e. The second-order valence-electron chi connectivity index (χ2n) is 7.74. The van der Waals surface area contributed by atoms with Gasteiger partial charge < -0.3 is 10.4 Å². The molecule has 0 bridgehead atoms. The summed E-state index contributed by atoms with van der Waals surface area (Å²) in [6.07, 6.45) is 2.02. The van der Waals surface area contributed by atoms with E-state index in [-0.39, 0.29) is 17.4 Å². The van der Waals surface area contributed by atoms with Crippen molar-refractivity contribution >= 4 is 23.1 Å². The van der Waals surface area contributed by atoms with Gasteiger partial charge in [-0.1, -0.05) is 30.3 Å². The fraction of sp³-hybridized carbons (Fsp3) is 0.292. The Morgan fingerprint density at radius 3 is 2.52 bits per heavy atom. The minimum absolute atomic E-state index is 0.0641. The average molecular weight is 388 g/mol. The summed E-state index contributed by atoms with van der Waals surface area (Å²) in [5.74, 6) is -0.947. The molecule has 2 N–H and O–H groups in total. The van der Waals surface area contributed by atoms with Crippen LogP contribution >= 0.6 is 0 Å². The number of nitrogens with zero attached hydrogens (tertiary/aromatic N) is 1. The van der Waals surface area contributed by atoms with Gasteiger partial charge in [0, 0.05) is 35.0 Å². The van der Waals surface area contributed by atoms with Gasteiger partial charge in [0.2, 0.25) is 5.91 Å². The summed E-state index contributed by atoms with van der Waals surface area (Å²) in [5, 5.41) is 12.7. The van der Waals surface area contributed by atoms with Crippen molar-refractivity contribution in [1.82, 2.24) is 0 Å². The second-order valence-corrected chi connectivity index (χ2v) is 7.74. The number of aromatic hydroxyl groups is 1. The van der Waals surface area contributed by atoms with Crippen LogP contribution in [0.1, 0.15) is 43.2 Å². The minimum atomic E-state index is -0.583. The molecule has 0 radical (unpaired) electrons. The molecule has 2 aliphatic rings. The number of hydrogen-bond acceptors (Lipinski definition) is 4.